The van der Waals surface area contributed by atoms with E-state index in [0.717, 1.165) is 62.1 Å². The predicted molar refractivity (Wildman–Crippen MR) is 117 cm³/mol. The molecule has 0 heterocycles. The zero-order valence-corrected chi connectivity index (χ0v) is 17.9. The standard InChI is InChI=1S/C23H36N4O2/c1-3-24-23(26-13-5-12-25-22(28)19-6-4-7-19)27-15-20-11-8-17(2)14-21(20)29-16-18-9-10-18/h8,11,14,18-19H,3-7,9-10,12-13,15-16H2,1-2H3,(H,25,28)(H2,24,26,27). The van der Waals surface area contributed by atoms with Crippen LogP contribution in [0.15, 0.2) is 23.2 Å². The molecule has 2 aliphatic carbocycles. The normalized spacial score (nSPS) is 16.8. The molecule has 2 aliphatic rings. The minimum Gasteiger partial charge on any atom is -0.493 e. The fraction of sp³-hybridized carbons (Fsp3) is 0.652. The minimum atomic E-state index is 0.218. The van der Waals surface area contributed by atoms with Crippen molar-refractivity contribution < 1.29 is 9.53 Å². The molecule has 0 bridgehead atoms. The zero-order chi connectivity index (χ0) is 20.5. The van der Waals surface area contributed by atoms with Gasteiger partial charge < -0.3 is 20.7 Å². The van der Waals surface area contributed by atoms with Crippen LogP contribution in [0.2, 0.25) is 0 Å². The van der Waals surface area contributed by atoms with Gasteiger partial charge in [0.1, 0.15) is 5.75 Å². The van der Waals surface area contributed by atoms with E-state index in [2.05, 4.69) is 48.0 Å². The summed E-state index contributed by atoms with van der Waals surface area (Å²) in [5.74, 6) is 2.96. The Morgan fingerprint density at radius 3 is 2.62 bits per heavy atom. The summed E-state index contributed by atoms with van der Waals surface area (Å²) in [7, 11) is 0. The first-order valence-electron chi connectivity index (χ1n) is 11.2. The lowest BCUT2D eigenvalue weighted by atomic mass is 9.85. The number of ether oxygens (including phenoxy) is 1. The Morgan fingerprint density at radius 1 is 1.14 bits per heavy atom. The van der Waals surface area contributed by atoms with Crippen molar-refractivity contribution in [1.82, 2.24) is 16.0 Å². The van der Waals surface area contributed by atoms with Gasteiger partial charge in [0.2, 0.25) is 5.91 Å². The summed E-state index contributed by atoms with van der Waals surface area (Å²) in [6, 6.07) is 6.33. The van der Waals surface area contributed by atoms with Crippen molar-refractivity contribution in [2.24, 2.45) is 16.8 Å². The SMILES string of the molecule is CCNC(=NCc1ccc(C)cc1OCC1CC1)NCCCNC(=O)C1CCC1. The van der Waals surface area contributed by atoms with E-state index in [9.17, 15) is 4.79 Å². The molecule has 3 N–H and O–H groups in total. The topological polar surface area (TPSA) is 74.8 Å². The summed E-state index contributed by atoms with van der Waals surface area (Å²) in [4.78, 5) is 16.6. The monoisotopic (exact) mass is 400 g/mol. The van der Waals surface area contributed by atoms with E-state index in [1.807, 2.05) is 0 Å². The molecule has 0 unspecified atom stereocenters. The molecule has 0 aliphatic heterocycles. The number of carbonyl (C=O) groups is 1. The maximum atomic E-state index is 11.9. The van der Waals surface area contributed by atoms with Crippen LogP contribution in [0.4, 0.5) is 0 Å². The Kier molecular flexibility index (Phi) is 8.20. The fourth-order valence-electron chi connectivity index (χ4n) is 3.25. The smallest absolute Gasteiger partial charge is 0.223 e. The minimum absolute atomic E-state index is 0.218. The highest BCUT2D eigenvalue weighted by Gasteiger charge is 2.24. The molecule has 0 atom stereocenters. The average Bonchev–Trinajstić information content (AvgIpc) is 3.48. The third kappa shape index (κ3) is 7.26. The number of hydrogen-bond acceptors (Lipinski definition) is 3. The van der Waals surface area contributed by atoms with Gasteiger partial charge in [-0.15, -0.1) is 0 Å². The van der Waals surface area contributed by atoms with Crippen LogP contribution in [0.25, 0.3) is 0 Å². The Labute approximate surface area is 174 Å². The summed E-state index contributed by atoms with van der Waals surface area (Å²) in [5.41, 5.74) is 2.32. The van der Waals surface area contributed by atoms with Crippen molar-refractivity contribution in [1.29, 1.82) is 0 Å². The van der Waals surface area contributed by atoms with Gasteiger partial charge >= 0.3 is 0 Å². The molecule has 0 spiro atoms. The second-order valence-corrected chi connectivity index (χ2v) is 8.26. The van der Waals surface area contributed by atoms with Crippen LogP contribution in [0.5, 0.6) is 5.75 Å². The molecule has 1 aromatic rings. The first kappa shape index (κ1) is 21.5. The van der Waals surface area contributed by atoms with Crippen LogP contribution in [-0.4, -0.2) is 38.1 Å². The molecule has 0 radical (unpaired) electrons. The maximum Gasteiger partial charge on any atom is 0.223 e. The van der Waals surface area contributed by atoms with Gasteiger partial charge in [-0.1, -0.05) is 18.6 Å². The number of nitrogens with zero attached hydrogens (tertiary/aromatic N) is 1. The van der Waals surface area contributed by atoms with Gasteiger partial charge in [0.15, 0.2) is 5.96 Å². The molecule has 1 aromatic carbocycles. The van der Waals surface area contributed by atoms with Crippen LogP contribution in [0.3, 0.4) is 0 Å². The highest BCUT2D eigenvalue weighted by atomic mass is 16.5. The molecule has 0 aromatic heterocycles. The number of nitrogens with one attached hydrogen (secondary N) is 3. The largest absolute Gasteiger partial charge is 0.493 e. The molecule has 160 valence electrons. The molecule has 6 nitrogen and oxygen atoms in total. The third-order valence-corrected chi connectivity index (χ3v) is 5.57. The molecule has 0 saturated heterocycles. The Hall–Kier alpha value is -2.24. The van der Waals surface area contributed by atoms with Crippen LogP contribution in [0.1, 0.15) is 56.6 Å². The van der Waals surface area contributed by atoms with E-state index in [4.69, 9.17) is 9.73 Å². The van der Waals surface area contributed by atoms with Crippen LogP contribution in [0, 0.1) is 18.8 Å². The number of guanidine groups is 1. The predicted octanol–water partition coefficient (Wildman–Crippen LogP) is 3.15. The maximum absolute atomic E-state index is 11.9. The second-order valence-electron chi connectivity index (χ2n) is 8.26. The van der Waals surface area contributed by atoms with Crippen molar-refractivity contribution in [3.05, 3.63) is 29.3 Å². The van der Waals surface area contributed by atoms with E-state index in [1.54, 1.807) is 0 Å². The lowest BCUT2D eigenvalue weighted by Crippen LogP contribution is -2.39. The highest BCUT2D eigenvalue weighted by molar-refractivity contribution is 5.80. The summed E-state index contributed by atoms with van der Waals surface area (Å²) >= 11 is 0. The molecule has 6 heteroatoms. The molecular weight excluding hydrogens is 364 g/mol. The Bertz CT molecular complexity index is 696. The van der Waals surface area contributed by atoms with Crippen molar-refractivity contribution in [2.45, 2.75) is 58.9 Å². The summed E-state index contributed by atoms with van der Waals surface area (Å²) < 4.78 is 6.05. The number of benzene rings is 1. The molecule has 29 heavy (non-hydrogen) atoms. The van der Waals surface area contributed by atoms with E-state index < -0.39 is 0 Å². The number of aryl methyl sites for hydroxylation is 1. The van der Waals surface area contributed by atoms with Gasteiger partial charge in [-0.3, -0.25) is 4.79 Å². The van der Waals surface area contributed by atoms with Crippen LogP contribution in [-0.2, 0) is 11.3 Å². The summed E-state index contributed by atoms with van der Waals surface area (Å²) in [6.07, 6.45) is 6.74. The summed E-state index contributed by atoms with van der Waals surface area (Å²) in [6.45, 7) is 7.83. The van der Waals surface area contributed by atoms with Crippen molar-refractivity contribution in [3.8, 4) is 5.75 Å². The number of rotatable bonds is 11. The molecule has 3 rings (SSSR count). The quantitative estimate of drug-likeness (QED) is 0.303. The summed E-state index contributed by atoms with van der Waals surface area (Å²) in [5, 5.41) is 9.68. The van der Waals surface area contributed by atoms with Gasteiger partial charge in [0.25, 0.3) is 0 Å². The lowest BCUT2D eigenvalue weighted by molar-refractivity contribution is -0.127. The van der Waals surface area contributed by atoms with E-state index in [1.165, 1.54) is 24.8 Å². The van der Waals surface area contributed by atoms with Crippen LogP contribution < -0.4 is 20.7 Å². The number of hydrogen-bond donors (Lipinski definition) is 3. The first-order chi connectivity index (χ1) is 14.2. The van der Waals surface area contributed by atoms with Crippen molar-refractivity contribution >= 4 is 11.9 Å². The highest BCUT2D eigenvalue weighted by Crippen LogP contribution is 2.31. The number of aliphatic imine (C=N–C) groups is 1. The third-order valence-electron chi connectivity index (χ3n) is 5.57. The fourth-order valence-corrected chi connectivity index (χ4v) is 3.25. The average molecular weight is 401 g/mol. The van der Waals surface area contributed by atoms with Crippen LogP contribution >= 0.6 is 0 Å². The molecule has 2 fully saturated rings. The molecule has 1 amide bonds. The van der Waals surface area contributed by atoms with E-state index in [-0.39, 0.29) is 11.8 Å². The zero-order valence-electron chi connectivity index (χ0n) is 17.9. The van der Waals surface area contributed by atoms with Gasteiger partial charge in [0, 0.05) is 31.1 Å². The number of carbonyl (C=O) groups excluding carboxylic acids is 1. The van der Waals surface area contributed by atoms with Crippen molar-refractivity contribution in [2.75, 3.05) is 26.2 Å². The second kappa shape index (κ2) is 11.1. The van der Waals surface area contributed by atoms with Gasteiger partial charge in [-0.05, 0) is 63.5 Å². The van der Waals surface area contributed by atoms with E-state index >= 15 is 0 Å². The van der Waals surface area contributed by atoms with E-state index in [0.29, 0.717) is 13.1 Å². The van der Waals surface area contributed by atoms with Gasteiger partial charge in [-0.2, -0.15) is 0 Å². The van der Waals surface area contributed by atoms with Gasteiger partial charge in [-0.25, -0.2) is 4.99 Å². The van der Waals surface area contributed by atoms with Crippen molar-refractivity contribution in [3.63, 3.8) is 0 Å². The first-order valence-corrected chi connectivity index (χ1v) is 11.2. The molecule has 2 saturated carbocycles. The lowest BCUT2D eigenvalue weighted by Gasteiger charge is -2.24. The Balaban J connectivity index is 1.44. The molecular formula is C23H36N4O2. The number of amides is 1. The van der Waals surface area contributed by atoms with Gasteiger partial charge in [0.05, 0.1) is 13.2 Å². The Morgan fingerprint density at radius 2 is 1.93 bits per heavy atom.